The Morgan fingerprint density at radius 1 is 1.47 bits per heavy atom. The van der Waals surface area contributed by atoms with Crippen LogP contribution in [0.1, 0.15) is 51.9 Å². The van der Waals surface area contributed by atoms with E-state index in [4.69, 9.17) is 0 Å². The van der Waals surface area contributed by atoms with Crippen molar-refractivity contribution in [2.75, 3.05) is 26.2 Å². The van der Waals surface area contributed by atoms with Crippen molar-refractivity contribution < 1.29 is 9.90 Å². The van der Waals surface area contributed by atoms with Gasteiger partial charge in [-0.15, -0.1) is 0 Å². The van der Waals surface area contributed by atoms with Gasteiger partial charge in [-0.1, -0.05) is 6.92 Å². The molecule has 19 heavy (non-hydrogen) atoms. The van der Waals surface area contributed by atoms with Crippen molar-refractivity contribution in [3.63, 3.8) is 0 Å². The molecule has 0 aromatic carbocycles. The second kappa shape index (κ2) is 6.71. The van der Waals surface area contributed by atoms with Crippen LogP contribution in [0.2, 0.25) is 0 Å². The third-order valence-corrected chi connectivity index (χ3v) is 4.51. The number of carbonyl (C=O) groups is 1. The van der Waals surface area contributed by atoms with Crippen LogP contribution in [0.15, 0.2) is 0 Å². The molecule has 0 unspecified atom stereocenters. The van der Waals surface area contributed by atoms with E-state index in [0.29, 0.717) is 11.8 Å². The summed E-state index contributed by atoms with van der Waals surface area (Å²) in [6, 6.07) is 0. The standard InChI is InChI=1S/C15H28N2O2/c1-15(7-8-15)6-5-14(19)16-9-3-11-17-10-2-4-13(18)12-17/h13,18H,2-12H2,1H3,(H,16,19)/t13-/m0/s1. The van der Waals surface area contributed by atoms with Crippen molar-refractivity contribution >= 4 is 5.91 Å². The lowest BCUT2D eigenvalue weighted by molar-refractivity contribution is -0.121. The molecule has 1 aliphatic carbocycles. The number of nitrogens with one attached hydrogen (secondary N) is 1. The van der Waals surface area contributed by atoms with Gasteiger partial charge in [-0.25, -0.2) is 0 Å². The minimum absolute atomic E-state index is 0.150. The van der Waals surface area contributed by atoms with E-state index in [1.807, 2.05) is 0 Å². The lowest BCUT2D eigenvalue weighted by Crippen LogP contribution is -2.39. The lowest BCUT2D eigenvalue weighted by Gasteiger charge is -2.29. The summed E-state index contributed by atoms with van der Waals surface area (Å²) < 4.78 is 0. The van der Waals surface area contributed by atoms with Crippen molar-refractivity contribution in [3.05, 3.63) is 0 Å². The third-order valence-electron chi connectivity index (χ3n) is 4.51. The summed E-state index contributed by atoms with van der Waals surface area (Å²) >= 11 is 0. The number of β-amino-alcohol motifs (C(OH)–C–C–N with tert-alkyl or cyclic N) is 1. The van der Waals surface area contributed by atoms with E-state index in [-0.39, 0.29) is 12.0 Å². The predicted molar refractivity (Wildman–Crippen MR) is 75.9 cm³/mol. The largest absolute Gasteiger partial charge is 0.392 e. The molecule has 0 aromatic heterocycles. The summed E-state index contributed by atoms with van der Waals surface area (Å²) in [5.74, 6) is 0.201. The molecule has 1 aliphatic heterocycles. The number of likely N-dealkylation sites (tertiary alicyclic amines) is 1. The van der Waals surface area contributed by atoms with Gasteiger partial charge in [0.25, 0.3) is 0 Å². The first kappa shape index (κ1) is 14.8. The summed E-state index contributed by atoms with van der Waals surface area (Å²) in [7, 11) is 0. The molecular weight excluding hydrogens is 240 g/mol. The molecule has 1 atom stereocenters. The van der Waals surface area contributed by atoms with E-state index in [0.717, 1.165) is 51.9 Å². The summed E-state index contributed by atoms with van der Waals surface area (Å²) in [6.45, 7) is 5.90. The SMILES string of the molecule is CC1(CCC(=O)NCCCN2CCC[C@H](O)C2)CC1. The zero-order valence-electron chi connectivity index (χ0n) is 12.2. The Balaban J connectivity index is 1.48. The van der Waals surface area contributed by atoms with Crippen molar-refractivity contribution in [1.29, 1.82) is 0 Å². The summed E-state index contributed by atoms with van der Waals surface area (Å²) in [5, 5.41) is 12.6. The van der Waals surface area contributed by atoms with Crippen LogP contribution in [-0.4, -0.2) is 48.2 Å². The van der Waals surface area contributed by atoms with Crippen LogP contribution in [0, 0.1) is 5.41 Å². The molecule has 0 spiro atoms. The van der Waals surface area contributed by atoms with Crippen LogP contribution in [-0.2, 0) is 4.79 Å². The molecule has 1 saturated carbocycles. The number of nitrogens with zero attached hydrogens (tertiary/aromatic N) is 1. The lowest BCUT2D eigenvalue weighted by atomic mass is 10.0. The van der Waals surface area contributed by atoms with Crippen LogP contribution >= 0.6 is 0 Å². The Morgan fingerprint density at radius 3 is 2.95 bits per heavy atom. The zero-order chi connectivity index (χ0) is 13.7. The van der Waals surface area contributed by atoms with E-state index in [1.165, 1.54) is 12.8 Å². The Kier molecular flexibility index (Phi) is 5.22. The van der Waals surface area contributed by atoms with Gasteiger partial charge >= 0.3 is 0 Å². The molecule has 1 amide bonds. The second-order valence-electron chi connectivity index (χ2n) is 6.61. The van der Waals surface area contributed by atoms with Crippen LogP contribution in [0.5, 0.6) is 0 Å². The van der Waals surface area contributed by atoms with E-state index in [2.05, 4.69) is 17.1 Å². The van der Waals surface area contributed by atoms with E-state index < -0.39 is 0 Å². The van der Waals surface area contributed by atoms with Crippen molar-refractivity contribution in [1.82, 2.24) is 10.2 Å². The van der Waals surface area contributed by atoms with E-state index >= 15 is 0 Å². The van der Waals surface area contributed by atoms with Gasteiger partial charge in [0.1, 0.15) is 0 Å². The highest BCUT2D eigenvalue weighted by Crippen LogP contribution is 2.48. The number of piperidine rings is 1. The molecule has 2 fully saturated rings. The van der Waals surface area contributed by atoms with Crippen molar-refractivity contribution in [2.45, 2.75) is 58.0 Å². The fourth-order valence-electron chi connectivity index (χ4n) is 2.73. The van der Waals surface area contributed by atoms with E-state index in [9.17, 15) is 9.90 Å². The first-order valence-corrected chi connectivity index (χ1v) is 7.75. The summed E-state index contributed by atoms with van der Waals surface area (Å²) in [6.07, 6.45) is 7.15. The van der Waals surface area contributed by atoms with Crippen LogP contribution in [0.25, 0.3) is 0 Å². The molecular formula is C15H28N2O2. The van der Waals surface area contributed by atoms with Gasteiger partial charge in [0.15, 0.2) is 0 Å². The molecule has 0 bridgehead atoms. The summed E-state index contributed by atoms with van der Waals surface area (Å²) in [5.41, 5.74) is 0.473. The third kappa shape index (κ3) is 5.49. The van der Waals surface area contributed by atoms with Gasteiger partial charge in [0, 0.05) is 19.5 Å². The Morgan fingerprint density at radius 2 is 2.26 bits per heavy atom. The molecule has 110 valence electrons. The topological polar surface area (TPSA) is 52.6 Å². The van der Waals surface area contributed by atoms with Gasteiger partial charge in [0.2, 0.25) is 5.91 Å². The predicted octanol–water partition coefficient (Wildman–Crippen LogP) is 1.53. The average Bonchev–Trinajstić information content (AvgIpc) is 3.11. The highest BCUT2D eigenvalue weighted by Gasteiger charge is 2.36. The zero-order valence-corrected chi connectivity index (χ0v) is 12.2. The first-order valence-electron chi connectivity index (χ1n) is 7.75. The van der Waals surface area contributed by atoms with Crippen LogP contribution < -0.4 is 5.32 Å². The molecule has 1 saturated heterocycles. The number of amides is 1. The molecule has 4 nitrogen and oxygen atoms in total. The Labute approximate surface area is 116 Å². The molecule has 2 N–H and O–H groups in total. The number of rotatable bonds is 7. The van der Waals surface area contributed by atoms with E-state index in [1.54, 1.807) is 0 Å². The molecule has 1 heterocycles. The highest BCUT2D eigenvalue weighted by atomic mass is 16.3. The molecule has 2 aliphatic rings. The van der Waals surface area contributed by atoms with Crippen molar-refractivity contribution in [2.24, 2.45) is 5.41 Å². The van der Waals surface area contributed by atoms with Crippen LogP contribution in [0.3, 0.4) is 0 Å². The van der Waals surface area contributed by atoms with Crippen LogP contribution in [0.4, 0.5) is 0 Å². The monoisotopic (exact) mass is 268 g/mol. The maximum Gasteiger partial charge on any atom is 0.220 e. The normalized spacial score (nSPS) is 26.1. The second-order valence-corrected chi connectivity index (χ2v) is 6.61. The number of hydrogen-bond donors (Lipinski definition) is 2. The molecule has 2 rings (SSSR count). The van der Waals surface area contributed by atoms with Gasteiger partial charge in [-0.05, 0) is 57.0 Å². The summed E-state index contributed by atoms with van der Waals surface area (Å²) in [4.78, 5) is 14.0. The molecule has 4 heteroatoms. The maximum absolute atomic E-state index is 11.7. The minimum atomic E-state index is -0.150. The van der Waals surface area contributed by atoms with Gasteiger partial charge in [-0.2, -0.15) is 0 Å². The number of aliphatic hydroxyl groups excluding tert-OH is 1. The minimum Gasteiger partial charge on any atom is -0.392 e. The van der Waals surface area contributed by atoms with Gasteiger partial charge in [-0.3, -0.25) is 4.79 Å². The molecule has 0 aromatic rings. The molecule has 0 radical (unpaired) electrons. The number of carbonyl (C=O) groups excluding carboxylic acids is 1. The average molecular weight is 268 g/mol. The Bertz CT molecular complexity index is 303. The first-order chi connectivity index (χ1) is 9.07. The fourth-order valence-corrected chi connectivity index (χ4v) is 2.73. The van der Waals surface area contributed by atoms with Gasteiger partial charge < -0.3 is 15.3 Å². The van der Waals surface area contributed by atoms with Crippen molar-refractivity contribution in [3.8, 4) is 0 Å². The quantitative estimate of drug-likeness (QED) is 0.689. The smallest absolute Gasteiger partial charge is 0.220 e. The Hall–Kier alpha value is -0.610. The number of aliphatic hydroxyl groups is 1. The fraction of sp³-hybridized carbons (Fsp3) is 0.933. The highest BCUT2D eigenvalue weighted by molar-refractivity contribution is 5.75. The van der Waals surface area contributed by atoms with Gasteiger partial charge in [0.05, 0.1) is 6.10 Å². The number of hydrogen-bond acceptors (Lipinski definition) is 3. The maximum atomic E-state index is 11.7.